The van der Waals surface area contributed by atoms with Gasteiger partial charge in [-0.2, -0.15) is 0 Å². The van der Waals surface area contributed by atoms with Crippen LogP contribution in [0.2, 0.25) is 0 Å². The quantitative estimate of drug-likeness (QED) is 0.462. The van der Waals surface area contributed by atoms with Crippen LogP contribution in [-0.2, 0) is 0 Å². The van der Waals surface area contributed by atoms with Gasteiger partial charge in [0.2, 0.25) is 0 Å². The van der Waals surface area contributed by atoms with Crippen molar-refractivity contribution in [3.63, 3.8) is 0 Å². The summed E-state index contributed by atoms with van der Waals surface area (Å²) >= 11 is 12.4. The van der Waals surface area contributed by atoms with Gasteiger partial charge in [0.05, 0.1) is 12.5 Å². The lowest BCUT2D eigenvalue weighted by Crippen LogP contribution is -1.95. The predicted molar refractivity (Wildman–Crippen MR) is 87.5 cm³/mol. The normalized spacial score (nSPS) is 12.2. The number of rotatable bonds is 3. The van der Waals surface area contributed by atoms with E-state index in [0.29, 0.717) is 0 Å². The summed E-state index contributed by atoms with van der Waals surface area (Å²) in [5.41, 5.74) is 2.13. The van der Waals surface area contributed by atoms with Crippen LogP contribution in [0.3, 0.4) is 0 Å². The summed E-state index contributed by atoms with van der Waals surface area (Å²) in [7, 11) is 1.66. The van der Waals surface area contributed by atoms with Crippen molar-refractivity contribution in [1.29, 1.82) is 0 Å². The van der Waals surface area contributed by atoms with E-state index in [1.807, 2.05) is 36.4 Å². The van der Waals surface area contributed by atoms with Gasteiger partial charge in [-0.3, -0.25) is 0 Å². The molecule has 0 spiro atoms. The fraction of sp³-hybridized carbons (Fsp3) is 0.143. The maximum atomic E-state index is 6.53. The Morgan fingerprint density at radius 1 is 1.17 bits per heavy atom. The van der Waals surface area contributed by atoms with Gasteiger partial charge in [-0.1, -0.05) is 28.1 Å². The highest BCUT2D eigenvalue weighted by Gasteiger charge is 2.14. The second kappa shape index (κ2) is 6.26. The molecule has 18 heavy (non-hydrogen) atoms. The summed E-state index contributed by atoms with van der Waals surface area (Å²) < 4.78 is 7.34. The van der Waals surface area contributed by atoms with Gasteiger partial charge in [0.25, 0.3) is 0 Å². The molecule has 0 saturated heterocycles. The van der Waals surface area contributed by atoms with Gasteiger partial charge in [0, 0.05) is 8.04 Å². The molecule has 0 amide bonds. The van der Waals surface area contributed by atoms with Crippen molar-refractivity contribution in [2.45, 2.75) is 5.38 Å². The molecule has 2 rings (SSSR count). The van der Waals surface area contributed by atoms with E-state index in [4.69, 9.17) is 16.3 Å². The summed E-state index contributed by atoms with van der Waals surface area (Å²) in [4.78, 5) is 0. The zero-order valence-corrected chi connectivity index (χ0v) is 14.2. The highest BCUT2D eigenvalue weighted by Crippen LogP contribution is 2.35. The molecule has 0 bridgehead atoms. The van der Waals surface area contributed by atoms with E-state index in [2.05, 4.69) is 44.6 Å². The van der Waals surface area contributed by atoms with Crippen molar-refractivity contribution in [2.24, 2.45) is 0 Å². The molecule has 0 aliphatic carbocycles. The molecule has 1 atom stereocenters. The topological polar surface area (TPSA) is 9.23 Å². The molecule has 0 radical (unpaired) electrons. The van der Waals surface area contributed by atoms with E-state index in [0.717, 1.165) is 21.3 Å². The number of methoxy groups -OCH3 is 1. The van der Waals surface area contributed by atoms with Crippen LogP contribution in [0.25, 0.3) is 0 Å². The van der Waals surface area contributed by atoms with Crippen molar-refractivity contribution >= 4 is 50.1 Å². The van der Waals surface area contributed by atoms with Gasteiger partial charge in [-0.25, -0.2) is 0 Å². The molecule has 0 heterocycles. The molecular weight excluding hydrogens is 426 g/mol. The van der Waals surface area contributed by atoms with E-state index >= 15 is 0 Å². The van der Waals surface area contributed by atoms with E-state index < -0.39 is 0 Å². The molecule has 0 aliphatic rings. The SMILES string of the molecule is COc1ccc(C(Cl)c2cc(I)ccc2Br)cc1. The Morgan fingerprint density at radius 3 is 2.44 bits per heavy atom. The molecule has 0 aliphatic heterocycles. The highest BCUT2D eigenvalue weighted by atomic mass is 127. The van der Waals surface area contributed by atoms with E-state index in [-0.39, 0.29) is 5.38 Å². The Morgan fingerprint density at radius 2 is 1.83 bits per heavy atom. The number of alkyl halides is 1. The average molecular weight is 438 g/mol. The van der Waals surface area contributed by atoms with Crippen molar-refractivity contribution in [1.82, 2.24) is 0 Å². The minimum atomic E-state index is -0.167. The summed E-state index contributed by atoms with van der Waals surface area (Å²) in [6.07, 6.45) is 0. The summed E-state index contributed by atoms with van der Waals surface area (Å²) in [6.45, 7) is 0. The van der Waals surface area contributed by atoms with Gasteiger partial charge in [0.15, 0.2) is 0 Å². The number of hydrogen-bond donors (Lipinski definition) is 0. The second-order valence-electron chi connectivity index (χ2n) is 3.80. The van der Waals surface area contributed by atoms with Crippen LogP contribution in [0.1, 0.15) is 16.5 Å². The molecule has 94 valence electrons. The van der Waals surface area contributed by atoms with Crippen LogP contribution < -0.4 is 4.74 Å². The van der Waals surface area contributed by atoms with Gasteiger partial charge < -0.3 is 4.74 Å². The highest BCUT2D eigenvalue weighted by molar-refractivity contribution is 14.1. The zero-order chi connectivity index (χ0) is 13.1. The van der Waals surface area contributed by atoms with Gasteiger partial charge in [0.1, 0.15) is 5.75 Å². The van der Waals surface area contributed by atoms with Crippen LogP contribution >= 0.6 is 50.1 Å². The van der Waals surface area contributed by atoms with Gasteiger partial charge in [-0.05, 0) is 64.0 Å². The first kappa shape index (κ1) is 14.2. The molecule has 0 N–H and O–H groups in total. The maximum Gasteiger partial charge on any atom is 0.118 e. The minimum absolute atomic E-state index is 0.167. The molecular formula is C14H11BrClIO. The van der Waals surface area contributed by atoms with Crippen LogP contribution in [0.15, 0.2) is 46.9 Å². The summed E-state index contributed by atoms with van der Waals surface area (Å²) in [5, 5.41) is -0.167. The zero-order valence-electron chi connectivity index (χ0n) is 9.66. The van der Waals surface area contributed by atoms with Crippen molar-refractivity contribution < 1.29 is 4.74 Å². The Hall–Kier alpha value is -0.260. The minimum Gasteiger partial charge on any atom is -0.497 e. The standard InChI is InChI=1S/C14H11BrClIO/c1-18-11-5-2-9(3-6-11)14(16)12-8-10(17)4-7-13(12)15/h2-8,14H,1H3. The number of halogens is 3. The Balaban J connectivity index is 2.34. The third-order valence-electron chi connectivity index (χ3n) is 2.64. The Kier molecular flexibility index (Phi) is 4.92. The first-order valence-corrected chi connectivity index (χ1v) is 7.65. The monoisotopic (exact) mass is 436 g/mol. The molecule has 1 unspecified atom stereocenters. The van der Waals surface area contributed by atoms with Gasteiger partial charge in [-0.15, -0.1) is 11.6 Å². The van der Waals surface area contributed by atoms with Crippen molar-refractivity contribution in [3.05, 3.63) is 61.6 Å². The average Bonchev–Trinajstić information content (AvgIpc) is 2.41. The number of benzene rings is 2. The van der Waals surface area contributed by atoms with Crippen LogP contribution in [0.5, 0.6) is 5.75 Å². The molecule has 0 fully saturated rings. The number of hydrogen-bond acceptors (Lipinski definition) is 1. The second-order valence-corrected chi connectivity index (χ2v) is 6.34. The summed E-state index contributed by atoms with van der Waals surface area (Å²) in [5.74, 6) is 0.837. The predicted octanol–water partition coefficient (Wildman–Crippen LogP) is 5.39. The smallest absolute Gasteiger partial charge is 0.118 e. The van der Waals surface area contributed by atoms with Crippen LogP contribution in [0, 0.1) is 3.57 Å². The van der Waals surface area contributed by atoms with Crippen LogP contribution in [0.4, 0.5) is 0 Å². The first-order valence-electron chi connectivity index (χ1n) is 5.35. The van der Waals surface area contributed by atoms with Crippen molar-refractivity contribution in [2.75, 3.05) is 7.11 Å². The third kappa shape index (κ3) is 3.19. The van der Waals surface area contributed by atoms with E-state index in [1.54, 1.807) is 7.11 Å². The largest absolute Gasteiger partial charge is 0.497 e. The molecule has 0 aromatic heterocycles. The maximum absolute atomic E-state index is 6.53. The molecule has 1 nitrogen and oxygen atoms in total. The lowest BCUT2D eigenvalue weighted by molar-refractivity contribution is 0.414. The molecule has 2 aromatic carbocycles. The Bertz CT molecular complexity index is 542. The lowest BCUT2D eigenvalue weighted by Gasteiger charge is -2.13. The van der Waals surface area contributed by atoms with Crippen molar-refractivity contribution in [3.8, 4) is 5.75 Å². The molecule has 4 heteroatoms. The van der Waals surface area contributed by atoms with Gasteiger partial charge >= 0.3 is 0 Å². The molecule has 2 aromatic rings. The van der Waals surface area contributed by atoms with E-state index in [1.165, 1.54) is 3.57 Å². The Labute approximate surface area is 134 Å². The third-order valence-corrected chi connectivity index (χ3v) is 4.52. The summed E-state index contributed by atoms with van der Waals surface area (Å²) in [6, 6.07) is 14.0. The lowest BCUT2D eigenvalue weighted by atomic mass is 10.0. The number of ether oxygens (including phenoxy) is 1. The first-order chi connectivity index (χ1) is 8.61. The fourth-order valence-corrected chi connectivity index (χ4v) is 3.11. The molecule has 0 saturated carbocycles. The van der Waals surface area contributed by atoms with E-state index in [9.17, 15) is 0 Å². The van der Waals surface area contributed by atoms with Crippen LogP contribution in [-0.4, -0.2) is 7.11 Å². The fourth-order valence-electron chi connectivity index (χ4n) is 1.66.